The van der Waals surface area contributed by atoms with Crippen molar-refractivity contribution in [3.05, 3.63) is 60.2 Å². The molecule has 1 aliphatic rings. The Bertz CT molecular complexity index is 873. The number of benzene rings is 2. The molecule has 26 heavy (non-hydrogen) atoms. The van der Waals surface area contributed by atoms with E-state index >= 15 is 0 Å². The van der Waals surface area contributed by atoms with Crippen molar-refractivity contribution in [1.82, 2.24) is 4.90 Å². The second-order valence-corrected chi connectivity index (χ2v) is 8.11. The van der Waals surface area contributed by atoms with Crippen LogP contribution in [0.25, 0.3) is 0 Å². The fourth-order valence-corrected chi connectivity index (χ4v) is 4.18. The largest absolute Gasteiger partial charge is 0.372 e. The van der Waals surface area contributed by atoms with Crippen LogP contribution >= 0.6 is 0 Å². The summed E-state index contributed by atoms with van der Waals surface area (Å²) in [5.41, 5.74) is 0.599. The van der Waals surface area contributed by atoms with E-state index in [1.165, 1.54) is 12.1 Å². The number of sulfonamides is 1. The van der Waals surface area contributed by atoms with E-state index in [1.54, 1.807) is 47.4 Å². The molecule has 0 spiro atoms. The number of ether oxygens (including phenoxy) is 1. The van der Waals surface area contributed by atoms with Crippen molar-refractivity contribution in [3.8, 4) is 0 Å². The van der Waals surface area contributed by atoms with Crippen LogP contribution in [0, 0.1) is 0 Å². The molecule has 1 heterocycles. The Hall–Kier alpha value is -2.38. The summed E-state index contributed by atoms with van der Waals surface area (Å²) in [4.78, 5) is 14.8. The first-order chi connectivity index (χ1) is 12.4. The molecular formula is C19H22N2O4S. The third kappa shape index (κ3) is 4.05. The number of rotatable bonds is 4. The lowest BCUT2D eigenvalue weighted by atomic mass is 10.1. The van der Waals surface area contributed by atoms with Crippen LogP contribution in [0.4, 0.5) is 5.69 Å². The van der Waals surface area contributed by atoms with Gasteiger partial charge < -0.3 is 9.64 Å². The van der Waals surface area contributed by atoms with Gasteiger partial charge in [-0.3, -0.25) is 9.52 Å². The molecule has 1 fully saturated rings. The standard InChI is InChI=1S/C19H22N2O4S/c1-14-12-21(13-15(2)25-14)19(22)17-10-6-7-11-18(17)20-26(23,24)16-8-4-3-5-9-16/h3-11,14-15,20H,12-13H2,1-2H3. The molecule has 1 aliphatic heterocycles. The molecule has 0 aromatic heterocycles. The number of nitrogens with zero attached hydrogens (tertiary/aromatic N) is 1. The number of anilines is 1. The van der Waals surface area contributed by atoms with Gasteiger partial charge >= 0.3 is 0 Å². The van der Waals surface area contributed by atoms with Crippen molar-refractivity contribution >= 4 is 21.6 Å². The zero-order chi connectivity index (χ0) is 18.7. The van der Waals surface area contributed by atoms with Crippen molar-refractivity contribution in [1.29, 1.82) is 0 Å². The number of carbonyl (C=O) groups is 1. The van der Waals surface area contributed by atoms with Gasteiger partial charge in [0.15, 0.2) is 0 Å². The van der Waals surface area contributed by atoms with Crippen molar-refractivity contribution < 1.29 is 17.9 Å². The van der Waals surface area contributed by atoms with E-state index in [2.05, 4.69) is 4.72 Å². The molecule has 0 aliphatic carbocycles. The highest BCUT2D eigenvalue weighted by Crippen LogP contribution is 2.23. The second kappa shape index (κ2) is 7.47. The summed E-state index contributed by atoms with van der Waals surface area (Å²) in [6, 6.07) is 14.7. The minimum absolute atomic E-state index is 0.0594. The number of nitrogens with one attached hydrogen (secondary N) is 1. The van der Waals surface area contributed by atoms with E-state index in [-0.39, 0.29) is 28.7 Å². The topological polar surface area (TPSA) is 75.7 Å². The van der Waals surface area contributed by atoms with Gasteiger partial charge in [0.05, 0.1) is 28.4 Å². The van der Waals surface area contributed by atoms with Gasteiger partial charge in [-0.25, -0.2) is 8.42 Å². The highest BCUT2D eigenvalue weighted by atomic mass is 32.2. The van der Waals surface area contributed by atoms with E-state index < -0.39 is 10.0 Å². The fourth-order valence-electron chi connectivity index (χ4n) is 3.08. The molecule has 0 saturated carbocycles. The highest BCUT2D eigenvalue weighted by Gasteiger charge is 2.28. The molecule has 6 nitrogen and oxygen atoms in total. The summed E-state index contributed by atoms with van der Waals surface area (Å²) in [5.74, 6) is -0.210. The monoisotopic (exact) mass is 374 g/mol. The number of hydrogen-bond donors (Lipinski definition) is 1. The number of para-hydroxylation sites is 1. The third-order valence-electron chi connectivity index (χ3n) is 4.16. The van der Waals surface area contributed by atoms with Gasteiger partial charge in [-0.2, -0.15) is 0 Å². The van der Waals surface area contributed by atoms with E-state index in [0.717, 1.165) is 0 Å². The van der Waals surface area contributed by atoms with Crippen LogP contribution < -0.4 is 4.72 Å². The predicted molar refractivity (Wildman–Crippen MR) is 99.6 cm³/mol. The lowest BCUT2D eigenvalue weighted by molar-refractivity contribution is -0.0585. The van der Waals surface area contributed by atoms with Crippen molar-refractivity contribution in [2.45, 2.75) is 31.0 Å². The Morgan fingerprint density at radius 3 is 2.23 bits per heavy atom. The Kier molecular flexibility index (Phi) is 5.29. The fraction of sp³-hybridized carbons (Fsp3) is 0.316. The van der Waals surface area contributed by atoms with E-state index in [4.69, 9.17) is 4.74 Å². The Morgan fingerprint density at radius 2 is 1.58 bits per heavy atom. The van der Waals surface area contributed by atoms with Crippen LogP contribution in [-0.4, -0.2) is 44.5 Å². The smallest absolute Gasteiger partial charge is 0.261 e. The summed E-state index contributed by atoms with van der Waals surface area (Å²) in [5, 5.41) is 0. The molecule has 1 N–H and O–H groups in total. The zero-order valence-electron chi connectivity index (χ0n) is 14.8. The predicted octanol–water partition coefficient (Wildman–Crippen LogP) is 2.74. The van der Waals surface area contributed by atoms with Crippen LogP contribution in [0.5, 0.6) is 0 Å². The maximum atomic E-state index is 13.0. The minimum atomic E-state index is -3.77. The number of morpholine rings is 1. The molecule has 0 radical (unpaired) electrons. The van der Waals surface area contributed by atoms with Gasteiger partial charge in [0.25, 0.3) is 15.9 Å². The van der Waals surface area contributed by atoms with Crippen LogP contribution in [0.3, 0.4) is 0 Å². The SMILES string of the molecule is CC1CN(C(=O)c2ccccc2NS(=O)(=O)c2ccccc2)CC(C)O1. The summed E-state index contributed by atoms with van der Waals surface area (Å²) in [7, 11) is -3.77. The molecule has 2 aromatic carbocycles. The first kappa shape index (κ1) is 18.4. The number of amides is 1. The Labute approximate surface area is 153 Å². The molecule has 2 atom stereocenters. The first-order valence-corrected chi connectivity index (χ1v) is 9.97. The van der Waals surface area contributed by atoms with Gasteiger partial charge in [0, 0.05) is 13.1 Å². The summed E-state index contributed by atoms with van der Waals surface area (Å²) in [6.07, 6.45) is -0.119. The summed E-state index contributed by atoms with van der Waals surface area (Å²) >= 11 is 0. The van der Waals surface area contributed by atoms with Crippen LogP contribution in [0.1, 0.15) is 24.2 Å². The second-order valence-electron chi connectivity index (χ2n) is 6.43. The van der Waals surface area contributed by atoms with Gasteiger partial charge in [0.2, 0.25) is 0 Å². The van der Waals surface area contributed by atoms with Crippen molar-refractivity contribution in [2.24, 2.45) is 0 Å². The molecule has 3 rings (SSSR count). The van der Waals surface area contributed by atoms with Gasteiger partial charge in [-0.05, 0) is 38.1 Å². The average Bonchev–Trinajstić information content (AvgIpc) is 2.61. The Balaban J connectivity index is 1.88. The van der Waals surface area contributed by atoms with Crippen LogP contribution in [0.2, 0.25) is 0 Å². The van der Waals surface area contributed by atoms with Gasteiger partial charge in [-0.1, -0.05) is 30.3 Å². The summed E-state index contributed by atoms with van der Waals surface area (Å²) in [6.45, 7) is 4.78. The maximum Gasteiger partial charge on any atom is 0.261 e. The van der Waals surface area contributed by atoms with E-state index in [1.807, 2.05) is 13.8 Å². The van der Waals surface area contributed by atoms with E-state index in [9.17, 15) is 13.2 Å². The van der Waals surface area contributed by atoms with Crippen LogP contribution in [-0.2, 0) is 14.8 Å². The average molecular weight is 374 g/mol. The number of carbonyl (C=O) groups excluding carboxylic acids is 1. The highest BCUT2D eigenvalue weighted by molar-refractivity contribution is 7.92. The lowest BCUT2D eigenvalue weighted by Crippen LogP contribution is -2.48. The zero-order valence-corrected chi connectivity index (χ0v) is 15.6. The minimum Gasteiger partial charge on any atom is -0.372 e. The Morgan fingerprint density at radius 1 is 1.00 bits per heavy atom. The van der Waals surface area contributed by atoms with E-state index in [0.29, 0.717) is 18.7 Å². The van der Waals surface area contributed by atoms with Crippen molar-refractivity contribution in [2.75, 3.05) is 17.8 Å². The molecule has 7 heteroatoms. The molecule has 138 valence electrons. The molecule has 2 aromatic rings. The van der Waals surface area contributed by atoms with Gasteiger partial charge in [-0.15, -0.1) is 0 Å². The summed E-state index contributed by atoms with van der Waals surface area (Å²) < 4.78 is 33.4. The quantitative estimate of drug-likeness (QED) is 0.893. The maximum absolute atomic E-state index is 13.0. The third-order valence-corrected chi connectivity index (χ3v) is 5.54. The lowest BCUT2D eigenvalue weighted by Gasteiger charge is -2.35. The number of hydrogen-bond acceptors (Lipinski definition) is 4. The molecular weight excluding hydrogens is 352 g/mol. The normalized spacial score (nSPS) is 20.6. The van der Waals surface area contributed by atoms with Crippen molar-refractivity contribution in [3.63, 3.8) is 0 Å². The molecule has 2 unspecified atom stereocenters. The molecule has 1 saturated heterocycles. The van der Waals surface area contributed by atoms with Gasteiger partial charge in [0.1, 0.15) is 0 Å². The van der Waals surface area contributed by atoms with Crippen LogP contribution in [0.15, 0.2) is 59.5 Å². The first-order valence-electron chi connectivity index (χ1n) is 8.48. The molecule has 0 bridgehead atoms. The molecule has 1 amide bonds.